The van der Waals surface area contributed by atoms with Gasteiger partial charge in [-0.3, -0.25) is 4.79 Å². The van der Waals surface area contributed by atoms with Crippen LogP contribution in [0.15, 0.2) is 24.3 Å². The van der Waals surface area contributed by atoms with Crippen molar-refractivity contribution in [3.05, 3.63) is 24.3 Å². The first kappa shape index (κ1) is 51.8. The lowest BCUT2D eigenvalue weighted by Gasteiger charge is -2.21. The van der Waals surface area contributed by atoms with E-state index in [-0.39, 0.29) is 18.9 Å². The van der Waals surface area contributed by atoms with Crippen LogP contribution in [0.5, 0.6) is 0 Å². The molecular formula is C48H93NO4. The molecule has 0 saturated heterocycles. The molecule has 0 aliphatic carbocycles. The largest absolute Gasteiger partial charge is 0.394 e. The summed E-state index contributed by atoms with van der Waals surface area (Å²) in [5, 5.41) is 33.3. The lowest BCUT2D eigenvalue weighted by Crippen LogP contribution is -2.45. The van der Waals surface area contributed by atoms with E-state index >= 15 is 0 Å². The standard InChI is InChI=1S/C48H93NO4/c1-3-5-7-9-11-13-15-17-19-21-23-24-26-28-30-32-34-36-38-40-42-47(52)46(44-50)49-48(53)43-45(51)41-39-37-35-33-31-29-27-25-22-20-18-16-14-12-10-8-6-4-2/h25,27,40,42,45-47,50-52H,3-24,26,28-39,41,43-44H2,1-2H3,(H,49,53)/b27-25-,42-40+. The molecule has 0 radical (unpaired) electrons. The molecule has 3 unspecified atom stereocenters. The average molecular weight is 748 g/mol. The van der Waals surface area contributed by atoms with Gasteiger partial charge in [-0.25, -0.2) is 0 Å². The summed E-state index contributed by atoms with van der Waals surface area (Å²) in [6.45, 7) is 4.23. The Hall–Kier alpha value is -1.17. The Morgan fingerprint density at radius 3 is 1.15 bits per heavy atom. The van der Waals surface area contributed by atoms with Gasteiger partial charge in [0.05, 0.1) is 31.3 Å². The van der Waals surface area contributed by atoms with Gasteiger partial charge in [0.2, 0.25) is 5.91 Å². The third-order valence-corrected chi connectivity index (χ3v) is 11.0. The zero-order valence-corrected chi connectivity index (χ0v) is 35.7. The van der Waals surface area contributed by atoms with Crippen LogP contribution in [0.2, 0.25) is 0 Å². The van der Waals surface area contributed by atoms with Gasteiger partial charge in [0.25, 0.3) is 0 Å². The Morgan fingerprint density at radius 1 is 0.472 bits per heavy atom. The maximum absolute atomic E-state index is 12.5. The van der Waals surface area contributed by atoms with Crippen molar-refractivity contribution in [3.8, 4) is 0 Å². The molecule has 0 rings (SSSR count). The Labute approximate surface area is 331 Å². The van der Waals surface area contributed by atoms with Crippen LogP contribution in [0.1, 0.15) is 251 Å². The van der Waals surface area contributed by atoms with Crippen LogP contribution in [-0.2, 0) is 4.79 Å². The summed E-state index contributed by atoms with van der Waals surface area (Å²) < 4.78 is 0. The number of nitrogens with one attached hydrogen (secondary N) is 1. The van der Waals surface area contributed by atoms with Gasteiger partial charge in [-0.05, 0) is 44.9 Å². The molecule has 0 fully saturated rings. The second-order valence-corrected chi connectivity index (χ2v) is 16.4. The predicted molar refractivity (Wildman–Crippen MR) is 231 cm³/mol. The summed E-state index contributed by atoms with van der Waals surface area (Å²) >= 11 is 0. The molecule has 0 aliphatic rings. The van der Waals surface area contributed by atoms with E-state index < -0.39 is 18.2 Å². The average Bonchev–Trinajstić information content (AvgIpc) is 3.15. The number of amides is 1. The fourth-order valence-corrected chi connectivity index (χ4v) is 7.34. The van der Waals surface area contributed by atoms with Gasteiger partial charge in [-0.1, -0.05) is 224 Å². The molecule has 0 aliphatic heterocycles. The van der Waals surface area contributed by atoms with E-state index in [1.165, 1.54) is 186 Å². The minimum atomic E-state index is -0.929. The van der Waals surface area contributed by atoms with Gasteiger partial charge < -0.3 is 20.6 Å². The molecule has 5 nitrogen and oxygen atoms in total. The highest BCUT2D eigenvalue weighted by Gasteiger charge is 2.20. The first-order chi connectivity index (χ1) is 26.0. The van der Waals surface area contributed by atoms with E-state index in [2.05, 4.69) is 31.3 Å². The van der Waals surface area contributed by atoms with Crippen molar-refractivity contribution in [2.45, 2.75) is 270 Å². The zero-order chi connectivity index (χ0) is 38.7. The Bertz CT molecular complexity index is 784. The molecule has 0 heterocycles. The van der Waals surface area contributed by atoms with Crippen molar-refractivity contribution >= 4 is 5.91 Å². The minimum absolute atomic E-state index is 0.00992. The monoisotopic (exact) mass is 748 g/mol. The molecule has 0 saturated carbocycles. The van der Waals surface area contributed by atoms with E-state index in [0.29, 0.717) is 6.42 Å². The lowest BCUT2D eigenvalue weighted by molar-refractivity contribution is -0.124. The van der Waals surface area contributed by atoms with Crippen molar-refractivity contribution in [1.82, 2.24) is 5.32 Å². The van der Waals surface area contributed by atoms with Gasteiger partial charge in [0.15, 0.2) is 0 Å². The molecular weight excluding hydrogens is 655 g/mol. The molecule has 5 heteroatoms. The van der Waals surface area contributed by atoms with Crippen LogP contribution in [-0.4, -0.2) is 46.1 Å². The number of rotatable bonds is 43. The molecule has 1 amide bonds. The Kier molecular flexibility index (Phi) is 42.6. The molecule has 0 aromatic carbocycles. The van der Waals surface area contributed by atoms with E-state index in [1.807, 2.05) is 6.08 Å². The highest BCUT2D eigenvalue weighted by molar-refractivity contribution is 5.76. The lowest BCUT2D eigenvalue weighted by atomic mass is 10.0. The molecule has 3 atom stereocenters. The van der Waals surface area contributed by atoms with Gasteiger partial charge >= 0.3 is 0 Å². The topological polar surface area (TPSA) is 89.8 Å². The fourth-order valence-electron chi connectivity index (χ4n) is 7.34. The maximum Gasteiger partial charge on any atom is 0.222 e. The second kappa shape index (κ2) is 43.6. The normalized spacial score (nSPS) is 13.7. The molecule has 0 aromatic heterocycles. The number of aliphatic hydroxyl groups excluding tert-OH is 3. The van der Waals surface area contributed by atoms with Crippen molar-refractivity contribution in [1.29, 1.82) is 0 Å². The molecule has 0 aromatic rings. The first-order valence-electron chi connectivity index (χ1n) is 23.6. The third-order valence-electron chi connectivity index (χ3n) is 11.0. The number of carbonyl (C=O) groups excluding carboxylic acids is 1. The van der Waals surface area contributed by atoms with E-state index in [1.54, 1.807) is 6.08 Å². The van der Waals surface area contributed by atoms with E-state index in [9.17, 15) is 20.1 Å². The van der Waals surface area contributed by atoms with E-state index in [4.69, 9.17) is 0 Å². The van der Waals surface area contributed by atoms with Gasteiger partial charge in [-0.2, -0.15) is 0 Å². The van der Waals surface area contributed by atoms with Gasteiger partial charge in [0.1, 0.15) is 0 Å². The van der Waals surface area contributed by atoms with Crippen molar-refractivity contribution in [2.24, 2.45) is 0 Å². The smallest absolute Gasteiger partial charge is 0.222 e. The number of hydrogen-bond donors (Lipinski definition) is 4. The second-order valence-electron chi connectivity index (χ2n) is 16.4. The number of carbonyl (C=O) groups is 1. The number of allylic oxidation sites excluding steroid dienone is 3. The summed E-state index contributed by atoms with van der Waals surface area (Å²) in [4.78, 5) is 12.5. The summed E-state index contributed by atoms with van der Waals surface area (Å²) in [6.07, 6.45) is 53.3. The van der Waals surface area contributed by atoms with Crippen LogP contribution in [0.4, 0.5) is 0 Å². The quantitative estimate of drug-likeness (QED) is 0.0369. The van der Waals surface area contributed by atoms with Crippen LogP contribution in [0.25, 0.3) is 0 Å². The Morgan fingerprint density at radius 2 is 0.792 bits per heavy atom. The summed E-state index contributed by atoms with van der Waals surface area (Å²) in [5.41, 5.74) is 0. The summed E-state index contributed by atoms with van der Waals surface area (Å²) in [7, 11) is 0. The van der Waals surface area contributed by atoms with E-state index in [0.717, 1.165) is 38.5 Å². The van der Waals surface area contributed by atoms with Crippen molar-refractivity contribution in [2.75, 3.05) is 6.61 Å². The molecule has 53 heavy (non-hydrogen) atoms. The molecule has 0 spiro atoms. The first-order valence-corrected chi connectivity index (χ1v) is 23.6. The Balaban J connectivity index is 3.65. The van der Waals surface area contributed by atoms with Crippen LogP contribution >= 0.6 is 0 Å². The highest BCUT2D eigenvalue weighted by Crippen LogP contribution is 2.16. The van der Waals surface area contributed by atoms with Gasteiger partial charge in [0, 0.05) is 0 Å². The highest BCUT2D eigenvalue weighted by atomic mass is 16.3. The number of hydrogen-bond acceptors (Lipinski definition) is 4. The molecule has 0 bridgehead atoms. The van der Waals surface area contributed by atoms with Crippen LogP contribution < -0.4 is 5.32 Å². The predicted octanol–water partition coefficient (Wildman–Crippen LogP) is 13.8. The zero-order valence-electron chi connectivity index (χ0n) is 35.7. The summed E-state index contributed by atoms with van der Waals surface area (Å²) in [6, 6.07) is -0.745. The van der Waals surface area contributed by atoms with Crippen molar-refractivity contribution < 1.29 is 20.1 Å². The SMILES string of the molecule is CCCCCCCCCCC/C=C\CCCCCCCC(O)CC(=O)NC(CO)C(O)/C=C/CCCCCCCCCCCCCCCCCCCC. The van der Waals surface area contributed by atoms with Crippen molar-refractivity contribution in [3.63, 3.8) is 0 Å². The maximum atomic E-state index is 12.5. The number of unbranched alkanes of at least 4 members (excludes halogenated alkanes) is 32. The van der Waals surface area contributed by atoms with Gasteiger partial charge in [-0.15, -0.1) is 0 Å². The molecule has 4 N–H and O–H groups in total. The fraction of sp³-hybridized carbons (Fsp3) is 0.896. The minimum Gasteiger partial charge on any atom is -0.394 e. The van der Waals surface area contributed by atoms with Crippen LogP contribution in [0, 0.1) is 0 Å². The third kappa shape index (κ3) is 40.3. The number of aliphatic hydroxyl groups is 3. The summed E-state index contributed by atoms with van der Waals surface area (Å²) in [5.74, 6) is -0.318. The van der Waals surface area contributed by atoms with Crippen LogP contribution in [0.3, 0.4) is 0 Å². The molecule has 314 valence electrons.